The molecule has 62 heavy (non-hydrogen) atoms. The van der Waals surface area contributed by atoms with Gasteiger partial charge < -0.3 is 130 Å². The number of aliphatic hydroxyl groups excluding tert-OH is 15. The summed E-state index contributed by atoms with van der Waals surface area (Å²) in [6, 6.07) is -3.23. The van der Waals surface area contributed by atoms with E-state index in [0.29, 0.717) is 0 Å². The minimum Gasteiger partial charge on any atom is -0.394 e. The van der Waals surface area contributed by atoms with Gasteiger partial charge in [-0.3, -0.25) is 9.59 Å². The second-order valence-corrected chi connectivity index (χ2v) is 15.4. The first kappa shape index (κ1) is 51.0. The van der Waals surface area contributed by atoms with Gasteiger partial charge in [-0.25, -0.2) is 0 Å². The lowest BCUT2D eigenvalue weighted by molar-refractivity contribution is -0.387. The number of hydrogen-bond acceptors (Lipinski definition) is 26. The predicted molar refractivity (Wildman–Crippen MR) is 190 cm³/mol. The van der Waals surface area contributed by atoms with Crippen LogP contribution in [0.2, 0.25) is 0 Å². The Bertz CT molecular complexity index is 1440. The van der Waals surface area contributed by atoms with Gasteiger partial charge in [-0.15, -0.1) is 0 Å². The van der Waals surface area contributed by atoms with Crippen LogP contribution in [0.1, 0.15) is 13.8 Å². The van der Waals surface area contributed by atoms with Crippen molar-refractivity contribution in [1.82, 2.24) is 10.6 Å². The number of amides is 2. The zero-order valence-corrected chi connectivity index (χ0v) is 33.2. The minimum atomic E-state index is -2.16. The van der Waals surface area contributed by atoms with Crippen LogP contribution in [0.25, 0.3) is 0 Å². The summed E-state index contributed by atoms with van der Waals surface area (Å²) in [7, 11) is 0. The Morgan fingerprint density at radius 1 is 0.387 bits per heavy atom. The van der Waals surface area contributed by atoms with Gasteiger partial charge in [-0.05, 0) is 0 Å². The summed E-state index contributed by atoms with van der Waals surface area (Å²) in [6.07, 6.45) is -42.3. The van der Waals surface area contributed by atoms with E-state index in [4.69, 9.17) is 42.6 Å². The Kier molecular flexibility index (Phi) is 18.1. The molecule has 0 aromatic rings. The van der Waals surface area contributed by atoms with Crippen molar-refractivity contribution in [2.45, 2.75) is 167 Å². The molecule has 28 heteroatoms. The van der Waals surface area contributed by atoms with Crippen molar-refractivity contribution >= 4 is 11.8 Å². The number of aliphatic hydroxyl groups is 15. The molecule has 5 fully saturated rings. The van der Waals surface area contributed by atoms with Crippen LogP contribution in [-0.4, -0.2) is 275 Å². The highest BCUT2D eigenvalue weighted by atomic mass is 16.8. The number of carbonyl (C=O) groups is 2. The van der Waals surface area contributed by atoms with Gasteiger partial charge in [0.25, 0.3) is 0 Å². The molecule has 2 amide bonds. The molecular weight excluding hydrogens is 852 g/mol. The van der Waals surface area contributed by atoms with Crippen molar-refractivity contribution in [3.63, 3.8) is 0 Å². The highest BCUT2D eigenvalue weighted by molar-refractivity contribution is 5.73. The normalized spacial score (nSPS) is 49.0. The lowest BCUT2D eigenvalue weighted by Crippen LogP contribution is -2.71. The molecule has 0 radical (unpaired) electrons. The van der Waals surface area contributed by atoms with Gasteiger partial charge in [0.2, 0.25) is 11.8 Å². The van der Waals surface area contributed by atoms with E-state index in [1.54, 1.807) is 0 Å². The topological polar surface area (TPSA) is 445 Å². The molecule has 0 spiro atoms. The lowest BCUT2D eigenvalue weighted by Gasteiger charge is -2.50. The molecule has 25 atom stereocenters. The standard InChI is InChI=1S/C34H58N2O26/c1-8(42)35-15-20(47)17(44)10(3-37)55-31(15)61-28-16(36-9(2)43)32(56-11(4-38)18(28)45)62-29-19(46)12(5-39)57-34(25(29)52)60-27-14(7-41)58-33(24(51)22(27)49)59-26-13(6-40)54-30(53)23(50)21(26)48/h10-34,37-41,44-53H,3-7H2,1-2H3,(H,35,42)(H,36,43)/t10-,11-,12-,13-,14-,15-,16-,17+,18+,19+,20-,21-,22-,23-,24-,25-,26+,27+,28-,29+,30-,31-,32+,33+,34-/m1/s1. The van der Waals surface area contributed by atoms with Crippen molar-refractivity contribution in [2.24, 2.45) is 0 Å². The first-order valence-corrected chi connectivity index (χ1v) is 19.6. The summed E-state index contributed by atoms with van der Waals surface area (Å²) in [6.45, 7) is -2.53. The molecule has 5 aliphatic rings. The predicted octanol–water partition coefficient (Wildman–Crippen LogP) is -11.6. The van der Waals surface area contributed by atoms with E-state index < -0.39 is 198 Å². The molecular formula is C34H58N2O26. The Hall–Kier alpha value is -2.02. The number of nitrogens with one attached hydrogen (secondary N) is 2. The van der Waals surface area contributed by atoms with E-state index in [9.17, 15) is 86.2 Å². The molecule has 0 aromatic heterocycles. The maximum atomic E-state index is 12.6. The molecule has 5 heterocycles. The van der Waals surface area contributed by atoms with Gasteiger partial charge in [0.15, 0.2) is 31.5 Å². The minimum absolute atomic E-state index is 0.730. The molecule has 0 bridgehead atoms. The first-order chi connectivity index (χ1) is 29.3. The van der Waals surface area contributed by atoms with Gasteiger partial charge >= 0.3 is 0 Å². The Morgan fingerprint density at radius 2 is 0.758 bits per heavy atom. The van der Waals surface area contributed by atoms with Crippen LogP contribution in [0.4, 0.5) is 0 Å². The first-order valence-electron chi connectivity index (χ1n) is 19.6. The molecule has 0 unspecified atom stereocenters. The third kappa shape index (κ3) is 10.8. The largest absolute Gasteiger partial charge is 0.394 e. The summed E-state index contributed by atoms with van der Waals surface area (Å²) in [4.78, 5) is 24.6. The maximum Gasteiger partial charge on any atom is 0.217 e. The third-order valence-electron chi connectivity index (χ3n) is 11.1. The summed E-state index contributed by atoms with van der Waals surface area (Å²) in [5.41, 5.74) is 0. The second-order valence-electron chi connectivity index (χ2n) is 15.4. The summed E-state index contributed by atoms with van der Waals surface area (Å²) < 4.78 is 50.8. The van der Waals surface area contributed by atoms with Crippen molar-refractivity contribution in [3.8, 4) is 0 Å². The molecule has 5 aliphatic heterocycles. The number of ether oxygens (including phenoxy) is 9. The fourth-order valence-electron chi connectivity index (χ4n) is 7.83. The van der Waals surface area contributed by atoms with E-state index in [1.165, 1.54) is 0 Å². The fraction of sp³-hybridized carbons (Fsp3) is 0.941. The van der Waals surface area contributed by atoms with E-state index >= 15 is 0 Å². The Labute approximate surface area is 351 Å². The van der Waals surface area contributed by atoms with E-state index in [0.717, 1.165) is 13.8 Å². The average molecular weight is 911 g/mol. The molecule has 28 nitrogen and oxygen atoms in total. The molecule has 5 rings (SSSR count). The van der Waals surface area contributed by atoms with E-state index in [2.05, 4.69) is 10.6 Å². The lowest BCUT2D eigenvalue weighted by atomic mass is 9.93. The number of carbonyl (C=O) groups excluding carboxylic acids is 2. The second kappa shape index (κ2) is 22.0. The van der Waals surface area contributed by atoms with Crippen molar-refractivity contribution in [3.05, 3.63) is 0 Å². The zero-order chi connectivity index (χ0) is 45.9. The van der Waals surface area contributed by atoms with Gasteiger partial charge in [0.1, 0.15) is 122 Å². The van der Waals surface area contributed by atoms with Crippen LogP contribution in [-0.2, 0) is 52.2 Å². The number of hydrogen-bond donors (Lipinski definition) is 17. The smallest absolute Gasteiger partial charge is 0.217 e. The van der Waals surface area contributed by atoms with Crippen molar-refractivity contribution < 1.29 is 129 Å². The SMILES string of the molecule is CC(=O)N[C@H]1[C@@H](O[C@H]2[C@@H](O)[C@@H](CO)O[C@@H](O[C@H]3[C@@H](O)[C@@H](CO)O[C@H](O[C@@H]4[C@H](O)[C@@H](O)[C@H](O[C@@H]5[C@H](O)[C@@H](O)[C@H](O)O[C@@H]5CO)O[C@@H]4CO)[C@@H]3O)[C@@H]2NC(C)=O)O[C@H](CO)[C@H](O)[C@@H]1O. The zero-order valence-electron chi connectivity index (χ0n) is 33.2. The molecule has 17 N–H and O–H groups in total. The summed E-state index contributed by atoms with van der Waals surface area (Å²) in [5.74, 6) is -1.54. The van der Waals surface area contributed by atoms with Crippen LogP contribution >= 0.6 is 0 Å². The average Bonchev–Trinajstić information content (AvgIpc) is 3.23. The van der Waals surface area contributed by atoms with Crippen LogP contribution in [0, 0.1) is 0 Å². The summed E-state index contributed by atoms with van der Waals surface area (Å²) in [5, 5.41) is 163. The highest BCUT2D eigenvalue weighted by Crippen LogP contribution is 2.36. The molecule has 360 valence electrons. The van der Waals surface area contributed by atoms with Crippen molar-refractivity contribution in [1.29, 1.82) is 0 Å². The highest BCUT2D eigenvalue weighted by Gasteiger charge is 2.57. The van der Waals surface area contributed by atoms with E-state index in [-0.39, 0.29) is 0 Å². The van der Waals surface area contributed by atoms with Crippen LogP contribution in [0.5, 0.6) is 0 Å². The fourth-order valence-corrected chi connectivity index (χ4v) is 7.83. The van der Waals surface area contributed by atoms with Crippen LogP contribution in [0.15, 0.2) is 0 Å². The quantitative estimate of drug-likeness (QED) is 0.0725. The van der Waals surface area contributed by atoms with E-state index in [1.807, 2.05) is 0 Å². The molecule has 0 aliphatic carbocycles. The van der Waals surface area contributed by atoms with Gasteiger partial charge in [-0.2, -0.15) is 0 Å². The Morgan fingerprint density at radius 3 is 1.27 bits per heavy atom. The Balaban J connectivity index is 1.38. The summed E-state index contributed by atoms with van der Waals surface area (Å²) >= 11 is 0. The van der Waals surface area contributed by atoms with Crippen molar-refractivity contribution in [2.75, 3.05) is 33.0 Å². The van der Waals surface area contributed by atoms with Crippen LogP contribution < -0.4 is 10.6 Å². The third-order valence-corrected chi connectivity index (χ3v) is 11.1. The van der Waals surface area contributed by atoms with Crippen LogP contribution in [0.3, 0.4) is 0 Å². The molecule has 0 saturated carbocycles. The van der Waals surface area contributed by atoms with Gasteiger partial charge in [0, 0.05) is 13.8 Å². The maximum absolute atomic E-state index is 12.6. The van der Waals surface area contributed by atoms with Gasteiger partial charge in [-0.1, -0.05) is 0 Å². The molecule has 0 aromatic carbocycles. The number of rotatable bonds is 15. The van der Waals surface area contributed by atoms with Gasteiger partial charge in [0.05, 0.1) is 33.0 Å². The monoisotopic (exact) mass is 910 g/mol. The molecule has 5 saturated heterocycles.